The molecule has 0 bridgehead atoms. The van der Waals surface area contributed by atoms with Crippen molar-refractivity contribution in [1.82, 2.24) is 5.32 Å². The Labute approximate surface area is 476 Å². The summed E-state index contributed by atoms with van der Waals surface area (Å²) in [5, 5.41) is 106. The van der Waals surface area contributed by atoms with Gasteiger partial charge >= 0.3 is 29.8 Å². The van der Waals surface area contributed by atoms with Crippen molar-refractivity contribution in [2.45, 2.75) is 13.8 Å². The molecule has 0 aromatic heterocycles. The van der Waals surface area contributed by atoms with E-state index in [1.165, 1.54) is 66.4 Å². The summed E-state index contributed by atoms with van der Waals surface area (Å²) in [6.45, 7) is 7.06. The Kier molecular flexibility index (Phi) is 34.5. The molecule has 0 spiro atoms. The SMILES string of the molecule is CC(CN)CN.CC1CN=C(Nc2cc(O)cc(C(=O)O)c2)NC1.CI.CSC(N)=Nc1cc(O)cc(C(=O)O)c1.Cl.NC(=S)Nc1cc(O)cc(C(=O)O)c1.Nc1cc(O)cc(C(=O)O)c1.O=C(O)c1cc(O)cc(O)c1. The molecule has 1 unspecified atom stereocenters. The first kappa shape index (κ1) is 71.8. The maximum absolute atomic E-state index is 10.9. The quantitative estimate of drug-likeness (QED) is 0.0198. The van der Waals surface area contributed by atoms with E-state index in [-0.39, 0.29) is 85.5 Å². The molecule has 0 aliphatic carbocycles. The van der Waals surface area contributed by atoms with E-state index in [0.717, 1.165) is 49.5 Å². The zero-order valence-electron chi connectivity index (χ0n) is 42.0. The summed E-state index contributed by atoms with van der Waals surface area (Å²) < 4.78 is 0. The fourth-order valence-corrected chi connectivity index (χ4v) is 5.46. The second-order valence-corrected chi connectivity index (χ2v) is 16.6. The van der Waals surface area contributed by atoms with Crippen molar-refractivity contribution in [3.8, 4) is 34.5 Å². The number of benzene rings is 5. The Morgan fingerprint density at radius 2 is 1.03 bits per heavy atom. The molecule has 1 aliphatic heterocycles. The lowest BCUT2D eigenvalue weighted by molar-refractivity contribution is 0.0685. The number of carbonyl (C=O) groups is 5. The summed E-state index contributed by atoms with van der Waals surface area (Å²) in [5.41, 5.74) is 27.5. The summed E-state index contributed by atoms with van der Waals surface area (Å²) >= 11 is 7.96. The predicted molar refractivity (Wildman–Crippen MR) is 314 cm³/mol. The van der Waals surface area contributed by atoms with Crippen LogP contribution in [-0.4, -0.2) is 140 Å². The van der Waals surface area contributed by atoms with Gasteiger partial charge in [-0.2, -0.15) is 0 Å². The molecule has 1 atom stereocenters. The molecule has 0 radical (unpaired) electrons. The van der Waals surface area contributed by atoms with Crippen LogP contribution < -0.4 is 44.6 Å². The van der Waals surface area contributed by atoms with Crippen molar-refractivity contribution in [1.29, 1.82) is 0 Å². The lowest BCUT2D eigenvalue weighted by atomic mass is 10.1. The number of amidine groups is 1. The van der Waals surface area contributed by atoms with Gasteiger partial charge in [0.1, 0.15) is 34.5 Å². The van der Waals surface area contributed by atoms with Crippen LogP contribution in [-0.2, 0) is 0 Å². The minimum atomic E-state index is -1.18. The number of aromatic carboxylic acids is 5. The van der Waals surface area contributed by atoms with Crippen molar-refractivity contribution in [2.24, 2.45) is 44.8 Å². The summed E-state index contributed by atoms with van der Waals surface area (Å²) in [4.78, 5) is 62.9. The van der Waals surface area contributed by atoms with Crippen LogP contribution in [0.15, 0.2) is 101 Å². The van der Waals surface area contributed by atoms with E-state index in [1.807, 2.05) is 11.9 Å². The smallest absolute Gasteiger partial charge is 0.335 e. The van der Waals surface area contributed by atoms with E-state index >= 15 is 0 Å². The van der Waals surface area contributed by atoms with Crippen LogP contribution >= 0.6 is 59.0 Å². The molecule has 1 heterocycles. The van der Waals surface area contributed by atoms with Gasteiger partial charge in [0.25, 0.3) is 0 Å². The lowest BCUT2D eigenvalue weighted by Crippen LogP contribution is -2.39. The number of aromatic hydroxyl groups is 6. The molecule has 0 amide bonds. The average molecular weight is 1260 g/mol. The number of carboxylic acids is 5. The number of carboxylic acid groups (broad SMARTS) is 5. The van der Waals surface area contributed by atoms with Gasteiger partial charge in [-0.25, -0.2) is 29.0 Å². The Hall–Kier alpha value is -8.23. The number of anilines is 3. The number of aliphatic imine (C=N–C) groups is 2. The summed E-state index contributed by atoms with van der Waals surface area (Å²) in [5.74, 6) is -5.13. The first-order valence-electron chi connectivity index (χ1n) is 21.6. The summed E-state index contributed by atoms with van der Waals surface area (Å²) in [7, 11) is 0. The van der Waals surface area contributed by atoms with Crippen molar-refractivity contribution >= 4 is 128 Å². The molecule has 26 nitrogen and oxygen atoms in total. The molecule has 426 valence electrons. The highest BCUT2D eigenvalue weighted by atomic mass is 127. The molecule has 0 saturated carbocycles. The number of phenols is 6. The zero-order chi connectivity index (χ0) is 59.1. The number of rotatable bonds is 10. The molecular weight excluding hydrogens is 1200 g/mol. The van der Waals surface area contributed by atoms with Crippen molar-refractivity contribution in [3.05, 3.63) is 119 Å². The second-order valence-electron chi connectivity index (χ2n) is 15.4. The number of hydrogen-bond acceptors (Lipinski definition) is 20. The number of thioether (sulfide) groups is 1. The van der Waals surface area contributed by atoms with Crippen LogP contribution in [0, 0.1) is 11.8 Å². The Morgan fingerprint density at radius 1 is 0.654 bits per heavy atom. The third-order valence-corrected chi connectivity index (χ3v) is 9.39. The van der Waals surface area contributed by atoms with Gasteiger partial charge in [0.2, 0.25) is 0 Å². The van der Waals surface area contributed by atoms with Crippen molar-refractivity contribution in [2.75, 3.05) is 53.7 Å². The normalized spacial score (nSPS) is 11.7. The fraction of sp³-hybridized carbons (Fsp3) is 0.208. The van der Waals surface area contributed by atoms with E-state index in [2.05, 4.69) is 67.7 Å². The number of nitrogens with one attached hydrogen (secondary N) is 3. The van der Waals surface area contributed by atoms with Gasteiger partial charge in [0.05, 0.1) is 33.5 Å². The number of nitrogens with two attached hydrogens (primary N) is 5. The van der Waals surface area contributed by atoms with Gasteiger partial charge in [-0.15, -0.1) is 12.4 Å². The van der Waals surface area contributed by atoms with Crippen LogP contribution in [0.25, 0.3) is 0 Å². The highest BCUT2D eigenvalue weighted by Crippen LogP contribution is 2.24. The molecule has 30 heteroatoms. The first-order valence-corrected chi connectivity index (χ1v) is 25.4. The predicted octanol–water partition coefficient (Wildman–Crippen LogP) is 5.72. The first-order chi connectivity index (χ1) is 36.0. The highest BCUT2D eigenvalue weighted by molar-refractivity contribution is 14.1. The number of hydrogen-bond donors (Lipinski definition) is 19. The Bertz CT molecular complexity index is 2760. The van der Waals surface area contributed by atoms with Gasteiger partial charge < -0.3 is 101 Å². The fourth-order valence-electron chi connectivity index (χ4n) is 5.14. The monoisotopic (exact) mass is 1260 g/mol. The van der Waals surface area contributed by atoms with Crippen LogP contribution in [0.5, 0.6) is 34.5 Å². The molecule has 78 heavy (non-hydrogen) atoms. The number of alkyl halides is 1. The molecule has 1 aliphatic rings. The van der Waals surface area contributed by atoms with Gasteiger partial charge in [-0.05, 0) is 109 Å². The number of nitrogens with zero attached hydrogens (tertiary/aromatic N) is 2. The molecular formula is C48H62ClIN10O16S2. The van der Waals surface area contributed by atoms with Gasteiger partial charge in [-0.1, -0.05) is 48.2 Å². The van der Waals surface area contributed by atoms with Gasteiger partial charge in [0, 0.05) is 60.5 Å². The van der Waals surface area contributed by atoms with E-state index in [9.17, 15) is 34.2 Å². The second kappa shape index (κ2) is 37.5. The van der Waals surface area contributed by atoms with Gasteiger partial charge in [-0.3, -0.25) is 4.99 Å². The number of nitrogen functional groups attached to an aromatic ring is 1. The maximum Gasteiger partial charge on any atom is 0.335 e. The highest BCUT2D eigenvalue weighted by Gasteiger charge is 2.13. The molecule has 5 aromatic carbocycles. The van der Waals surface area contributed by atoms with Gasteiger partial charge in [0.15, 0.2) is 16.2 Å². The number of phenolic OH excluding ortho intramolecular Hbond substituents is 6. The standard InChI is InChI=1S/C12H15N3O3.C9H10N2O3S.C8H8N2O3S.C7H7NO3.C7H6O4.C4H12N2.CH3I.ClH/c1-7-5-13-12(14-6-7)15-9-2-8(11(17)18)3-10(16)4-9;1-15-9(10)11-6-2-5(8(13)14)3-7(12)4-6;9-8(14)10-5-1-4(7(12)13)2-6(11)3-5;2*8-5-1-4(7(10)11)2-6(9)3-5;1-4(2-5)3-6;1-2;/h2-4,7,16H,5-6H2,1H3,(H,17,18)(H2,13,14,15);2-4,12H,1H3,(H2,10,11)(H,13,14);1-3,11H,(H,12,13)(H3,9,10,14);1-3,9H,8H2,(H,10,11);1-3,8-9H,(H,10,11);4H,2-3,5-6H2,1H3;1H3;1H. The van der Waals surface area contributed by atoms with E-state index in [1.54, 1.807) is 6.26 Å². The number of guanidine groups is 1. The third-order valence-electron chi connectivity index (χ3n) is 8.78. The maximum atomic E-state index is 10.9. The Morgan fingerprint density at radius 3 is 1.40 bits per heavy atom. The van der Waals surface area contributed by atoms with E-state index in [0.29, 0.717) is 53.1 Å². The molecule has 0 fully saturated rings. The van der Waals surface area contributed by atoms with Crippen LogP contribution in [0.1, 0.15) is 65.6 Å². The zero-order valence-corrected chi connectivity index (χ0v) is 46.6. The third kappa shape index (κ3) is 30.4. The summed E-state index contributed by atoms with van der Waals surface area (Å²) in [6.07, 6.45) is 1.75. The number of thiocarbonyl (C=S) groups is 1. The molecule has 5 aromatic rings. The van der Waals surface area contributed by atoms with E-state index in [4.69, 9.17) is 74.6 Å². The largest absolute Gasteiger partial charge is 0.508 e. The average Bonchev–Trinajstić information content (AvgIpc) is 3.34. The molecule has 6 rings (SSSR count). The van der Waals surface area contributed by atoms with Crippen LogP contribution in [0.4, 0.5) is 22.7 Å². The minimum Gasteiger partial charge on any atom is -0.508 e. The van der Waals surface area contributed by atoms with Crippen LogP contribution in [0.3, 0.4) is 0 Å². The topological polar surface area (TPSA) is 499 Å². The minimum absolute atomic E-state index is 0. The van der Waals surface area contributed by atoms with Crippen molar-refractivity contribution < 1.29 is 80.1 Å². The number of halogens is 2. The molecule has 24 N–H and O–H groups in total. The summed E-state index contributed by atoms with van der Waals surface area (Å²) in [6, 6.07) is 18.6. The van der Waals surface area contributed by atoms with E-state index < -0.39 is 29.8 Å². The van der Waals surface area contributed by atoms with Crippen LogP contribution in [0.2, 0.25) is 0 Å². The molecule has 0 saturated heterocycles. The van der Waals surface area contributed by atoms with Crippen molar-refractivity contribution in [3.63, 3.8) is 0 Å². The lowest BCUT2D eigenvalue weighted by Gasteiger charge is -2.20. The Balaban J connectivity index is 0.